The van der Waals surface area contributed by atoms with Crippen molar-refractivity contribution >= 4 is 0 Å². The Morgan fingerprint density at radius 1 is 1.57 bits per heavy atom. The lowest BCUT2D eigenvalue weighted by molar-refractivity contribution is 0.595. The average molecular weight is 187 g/mol. The van der Waals surface area contributed by atoms with Crippen molar-refractivity contribution < 1.29 is 0 Å². The van der Waals surface area contributed by atoms with E-state index < -0.39 is 0 Å². The molecule has 0 bridgehead atoms. The van der Waals surface area contributed by atoms with Crippen LogP contribution in [0.15, 0.2) is 18.5 Å². The molecular formula is C11H13N3. The van der Waals surface area contributed by atoms with Crippen LogP contribution in [-0.4, -0.2) is 4.98 Å². The van der Waals surface area contributed by atoms with E-state index in [4.69, 9.17) is 11.0 Å². The molecule has 0 aliphatic heterocycles. The molecule has 2 N–H and O–H groups in total. The van der Waals surface area contributed by atoms with E-state index in [9.17, 15) is 0 Å². The molecule has 0 radical (unpaired) electrons. The molecule has 1 aromatic heterocycles. The minimum Gasteiger partial charge on any atom is -0.324 e. The van der Waals surface area contributed by atoms with Gasteiger partial charge in [-0.25, -0.2) is 0 Å². The number of nitriles is 1. The van der Waals surface area contributed by atoms with Crippen molar-refractivity contribution in [1.29, 1.82) is 5.26 Å². The van der Waals surface area contributed by atoms with Crippen LogP contribution in [0.25, 0.3) is 0 Å². The number of hydrogen-bond donors (Lipinski definition) is 1. The van der Waals surface area contributed by atoms with Crippen LogP contribution >= 0.6 is 0 Å². The van der Waals surface area contributed by atoms with Gasteiger partial charge in [-0.05, 0) is 24.0 Å². The molecule has 0 spiro atoms. The normalized spacial score (nSPS) is 17.4. The summed E-state index contributed by atoms with van der Waals surface area (Å²) in [5.41, 5.74) is 7.58. The van der Waals surface area contributed by atoms with E-state index >= 15 is 0 Å². The van der Waals surface area contributed by atoms with Crippen molar-refractivity contribution in [3.63, 3.8) is 0 Å². The lowest BCUT2D eigenvalue weighted by atomic mass is 10.0. The van der Waals surface area contributed by atoms with Gasteiger partial charge in [-0.15, -0.1) is 0 Å². The number of nitrogens with zero attached hydrogens (tertiary/aromatic N) is 2. The summed E-state index contributed by atoms with van der Waals surface area (Å²) < 4.78 is 0. The largest absolute Gasteiger partial charge is 0.324 e. The molecule has 1 unspecified atom stereocenters. The van der Waals surface area contributed by atoms with E-state index in [2.05, 4.69) is 11.1 Å². The highest BCUT2D eigenvalue weighted by Crippen LogP contribution is 2.36. The van der Waals surface area contributed by atoms with Gasteiger partial charge in [0.2, 0.25) is 0 Å². The Kier molecular flexibility index (Phi) is 2.47. The van der Waals surface area contributed by atoms with Crippen LogP contribution in [0, 0.1) is 17.2 Å². The lowest BCUT2D eigenvalue weighted by Crippen LogP contribution is -2.11. The van der Waals surface area contributed by atoms with Gasteiger partial charge < -0.3 is 5.73 Å². The summed E-state index contributed by atoms with van der Waals surface area (Å²) in [5, 5.41) is 8.71. The fraction of sp³-hybridized carbons (Fsp3) is 0.455. The summed E-state index contributed by atoms with van der Waals surface area (Å²) >= 11 is 0. The van der Waals surface area contributed by atoms with Crippen LogP contribution in [0.3, 0.4) is 0 Å². The molecule has 1 aliphatic carbocycles. The van der Waals surface area contributed by atoms with Gasteiger partial charge in [0.1, 0.15) is 6.07 Å². The first-order valence-corrected chi connectivity index (χ1v) is 4.90. The molecule has 0 amide bonds. The Bertz CT molecular complexity index is 363. The van der Waals surface area contributed by atoms with E-state index in [1.54, 1.807) is 12.4 Å². The van der Waals surface area contributed by atoms with Crippen LogP contribution in [-0.2, 0) is 0 Å². The first-order valence-electron chi connectivity index (χ1n) is 4.90. The third kappa shape index (κ3) is 2.09. The van der Waals surface area contributed by atoms with Gasteiger partial charge in [-0.1, -0.05) is 12.8 Å². The van der Waals surface area contributed by atoms with Crippen molar-refractivity contribution in [2.75, 3.05) is 0 Å². The second-order valence-corrected chi connectivity index (χ2v) is 3.90. The maximum Gasteiger partial charge on any atom is 0.101 e. The highest BCUT2D eigenvalue weighted by molar-refractivity contribution is 5.30. The molecule has 2 rings (SSSR count). The van der Waals surface area contributed by atoms with Crippen LogP contribution in [0.4, 0.5) is 0 Å². The maximum atomic E-state index is 8.71. The SMILES string of the molecule is N#Cc1cncc(C(N)CC2CC2)c1. The van der Waals surface area contributed by atoms with E-state index in [0.717, 1.165) is 17.9 Å². The maximum absolute atomic E-state index is 8.71. The Morgan fingerprint density at radius 2 is 2.36 bits per heavy atom. The number of nitrogens with two attached hydrogens (primary N) is 1. The second-order valence-electron chi connectivity index (χ2n) is 3.90. The summed E-state index contributed by atoms with van der Waals surface area (Å²) in [6, 6.07) is 3.95. The van der Waals surface area contributed by atoms with E-state index in [0.29, 0.717) is 5.56 Å². The molecule has 1 aromatic rings. The van der Waals surface area contributed by atoms with Crippen LogP contribution in [0.1, 0.15) is 36.4 Å². The molecule has 3 heteroatoms. The van der Waals surface area contributed by atoms with Crippen LogP contribution < -0.4 is 5.73 Å². The molecule has 1 fully saturated rings. The molecule has 14 heavy (non-hydrogen) atoms. The van der Waals surface area contributed by atoms with Gasteiger partial charge in [-0.2, -0.15) is 5.26 Å². The fourth-order valence-electron chi connectivity index (χ4n) is 1.57. The quantitative estimate of drug-likeness (QED) is 0.784. The smallest absolute Gasteiger partial charge is 0.101 e. The topological polar surface area (TPSA) is 62.7 Å². The standard InChI is InChI=1S/C11H13N3/c12-5-9-3-10(7-14-6-9)11(13)4-8-1-2-8/h3,6-8,11H,1-2,4,13H2. The lowest BCUT2D eigenvalue weighted by Gasteiger charge is -2.10. The zero-order valence-corrected chi connectivity index (χ0v) is 7.98. The molecule has 0 aromatic carbocycles. The second kappa shape index (κ2) is 3.77. The van der Waals surface area contributed by atoms with Gasteiger partial charge in [0.25, 0.3) is 0 Å². The van der Waals surface area contributed by atoms with Gasteiger partial charge in [0.15, 0.2) is 0 Å². The predicted octanol–water partition coefficient (Wildman–Crippen LogP) is 1.75. The highest BCUT2D eigenvalue weighted by atomic mass is 14.7. The molecule has 72 valence electrons. The number of aromatic nitrogens is 1. The predicted molar refractivity (Wildman–Crippen MR) is 53.2 cm³/mol. The third-order valence-corrected chi connectivity index (χ3v) is 2.60. The van der Waals surface area contributed by atoms with Gasteiger partial charge in [-0.3, -0.25) is 4.98 Å². The number of rotatable bonds is 3. The first kappa shape index (κ1) is 9.17. The molecule has 1 atom stereocenters. The molecule has 3 nitrogen and oxygen atoms in total. The average Bonchev–Trinajstić information content (AvgIpc) is 3.02. The van der Waals surface area contributed by atoms with Gasteiger partial charge in [0.05, 0.1) is 5.56 Å². The van der Waals surface area contributed by atoms with Gasteiger partial charge >= 0.3 is 0 Å². The van der Waals surface area contributed by atoms with Crippen LogP contribution in [0.5, 0.6) is 0 Å². The molecular weight excluding hydrogens is 174 g/mol. The Hall–Kier alpha value is -1.40. The molecule has 1 heterocycles. The van der Waals surface area contributed by atoms with Crippen molar-refractivity contribution in [1.82, 2.24) is 4.98 Å². The third-order valence-electron chi connectivity index (χ3n) is 2.60. The molecule has 1 saturated carbocycles. The van der Waals surface area contributed by atoms with Gasteiger partial charge in [0, 0.05) is 18.4 Å². The monoisotopic (exact) mass is 187 g/mol. The van der Waals surface area contributed by atoms with E-state index in [-0.39, 0.29) is 6.04 Å². The Labute approximate surface area is 83.6 Å². The zero-order chi connectivity index (χ0) is 9.97. The van der Waals surface area contributed by atoms with Crippen molar-refractivity contribution in [2.45, 2.75) is 25.3 Å². The number of hydrogen-bond acceptors (Lipinski definition) is 3. The summed E-state index contributed by atoms with van der Waals surface area (Å²) in [6.07, 6.45) is 6.95. The Morgan fingerprint density at radius 3 is 3.00 bits per heavy atom. The highest BCUT2D eigenvalue weighted by Gasteiger charge is 2.24. The van der Waals surface area contributed by atoms with E-state index in [1.165, 1.54) is 12.8 Å². The number of pyridine rings is 1. The zero-order valence-electron chi connectivity index (χ0n) is 7.98. The van der Waals surface area contributed by atoms with E-state index in [1.807, 2.05) is 6.07 Å². The van der Waals surface area contributed by atoms with Crippen molar-refractivity contribution in [3.05, 3.63) is 29.6 Å². The minimum atomic E-state index is 0.0447. The molecule has 0 saturated heterocycles. The summed E-state index contributed by atoms with van der Waals surface area (Å²) in [7, 11) is 0. The van der Waals surface area contributed by atoms with Crippen molar-refractivity contribution in [2.24, 2.45) is 11.7 Å². The van der Waals surface area contributed by atoms with Crippen LogP contribution in [0.2, 0.25) is 0 Å². The molecule has 1 aliphatic rings. The fourth-order valence-corrected chi connectivity index (χ4v) is 1.57. The minimum absolute atomic E-state index is 0.0447. The van der Waals surface area contributed by atoms with Crippen molar-refractivity contribution in [3.8, 4) is 6.07 Å². The summed E-state index contributed by atoms with van der Waals surface area (Å²) in [4.78, 5) is 4.00. The summed E-state index contributed by atoms with van der Waals surface area (Å²) in [5.74, 6) is 0.802. The summed E-state index contributed by atoms with van der Waals surface area (Å²) in [6.45, 7) is 0. The Balaban J connectivity index is 2.09. The first-order chi connectivity index (χ1) is 6.79.